The van der Waals surface area contributed by atoms with E-state index in [9.17, 15) is 4.79 Å². The first-order chi connectivity index (χ1) is 10.1. The number of rotatable bonds is 5. The summed E-state index contributed by atoms with van der Waals surface area (Å²) in [6, 6.07) is 15.0. The summed E-state index contributed by atoms with van der Waals surface area (Å²) in [7, 11) is 0. The normalized spacial score (nSPS) is 12.0. The third kappa shape index (κ3) is 4.17. The fraction of sp³-hybridized carbons (Fsp3) is 0.278. The van der Waals surface area contributed by atoms with Gasteiger partial charge in [-0.05, 0) is 36.6 Å². The topological polar surface area (TPSA) is 55.1 Å². The van der Waals surface area contributed by atoms with E-state index in [4.69, 9.17) is 5.73 Å². The quantitative estimate of drug-likeness (QED) is 0.880. The first kappa shape index (κ1) is 15.3. The number of hydrogen-bond acceptors (Lipinski definition) is 2. The maximum Gasteiger partial charge on any atom is 0.245 e. The van der Waals surface area contributed by atoms with Gasteiger partial charge in [0.1, 0.15) is 6.04 Å². The Morgan fingerprint density at radius 2 is 1.71 bits per heavy atom. The Kier molecular flexibility index (Phi) is 5.12. The first-order valence-electron chi connectivity index (χ1n) is 7.32. The molecule has 0 saturated heterocycles. The Bertz CT molecular complexity index is 588. The lowest BCUT2D eigenvalue weighted by Gasteiger charge is -2.13. The lowest BCUT2D eigenvalue weighted by Crippen LogP contribution is -2.27. The van der Waals surface area contributed by atoms with Crippen LogP contribution in [-0.4, -0.2) is 5.91 Å². The maximum absolute atomic E-state index is 12.2. The molecule has 2 aromatic carbocycles. The van der Waals surface area contributed by atoms with Crippen molar-refractivity contribution in [3.05, 3.63) is 65.2 Å². The molecule has 1 amide bonds. The molecule has 0 heterocycles. The van der Waals surface area contributed by atoms with E-state index in [-0.39, 0.29) is 5.91 Å². The molecule has 1 unspecified atom stereocenters. The van der Waals surface area contributed by atoms with Gasteiger partial charge in [-0.3, -0.25) is 4.79 Å². The van der Waals surface area contributed by atoms with E-state index < -0.39 is 6.04 Å². The predicted molar refractivity (Wildman–Crippen MR) is 87.2 cm³/mol. The second kappa shape index (κ2) is 7.04. The van der Waals surface area contributed by atoms with Gasteiger partial charge in [-0.1, -0.05) is 55.3 Å². The van der Waals surface area contributed by atoms with Gasteiger partial charge in [0.2, 0.25) is 5.91 Å². The zero-order valence-electron chi connectivity index (χ0n) is 12.6. The van der Waals surface area contributed by atoms with Crippen molar-refractivity contribution in [3.8, 4) is 0 Å². The van der Waals surface area contributed by atoms with Crippen LogP contribution in [0.3, 0.4) is 0 Å². The number of hydrogen-bond donors (Lipinski definition) is 2. The highest BCUT2D eigenvalue weighted by Gasteiger charge is 2.15. The zero-order valence-corrected chi connectivity index (χ0v) is 12.6. The van der Waals surface area contributed by atoms with Crippen LogP contribution in [0.1, 0.15) is 36.1 Å². The summed E-state index contributed by atoms with van der Waals surface area (Å²) >= 11 is 0. The summed E-state index contributed by atoms with van der Waals surface area (Å²) in [6.45, 7) is 4.16. The van der Waals surface area contributed by atoms with Crippen molar-refractivity contribution in [2.45, 2.75) is 32.7 Å². The molecular weight excluding hydrogens is 260 g/mol. The van der Waals surface area contributed by atoms with Crippen molar-refractivity contribution < 1.29 is 4.79 Å². The van der Waals surface area contributed by atoms with E-state index >= 15 is 0 Å². The summed E-state index contributed by atoms with van der Waals surface area (Å²) in [5, 5.41) is 2.86. The molecule has 0 aromatic heterocycles. The molecule has 0 saturated carbocycles. The third-order valence-electron chi connectivity index (χ3n) is 3.48. The van der Waals surface area contributed by atoms with E-state index in [1.54, 1.807) is 0 Å². The molecule has 21 heavy (non-hydrogen) atoms. The maximum atomic E-state index is 12.2. The van der Waals surface area contributed by atoms with Crippen molar-refractivity contribution in [3.63, 3.8) is 0 Å². The van der Waals surface area contributed by atoms with E-state index in [1.807, 2.05) is 55.5 Å². The zero-order chi connectivity index (χ0) is 15.2. The van der Waals surface area contributed by atoms with Crippen LogP contribution in [0.25, 0.3) is 0 Å². The summed E-state index contributed by atoms with van der Waals surface area (Å²) in [4.78, 5) is 12.2. The van der Waals surface area contributed by atoms with E-state index in [0.29, 0.717) is 0 Å². The minimum atomic E-state index is -0.652. The SMILES string of the molecule is CCCc1ccc(NC(=O)C(N)c2ccc(C)cc2)cc1. The van der Waals surface area contributed by atoms with Gasteiger partial charge >= 0.3 is 0 Å². The average molecular weight is 282 g/mol. The molecule has 0 aliphatic heterocycles. The summed E-state index contributed by atoms with van der Waals surface area (Å²) < 4.78 is 0. The molecule has 1 atom stereocenters. The van der Waals surface area contributed by atoms with Crippen LogP contribution in [0, 0.1) is 6.92 Å². The third-order valence-corrected chi connectivity index (χ3v) is 3.48. The molecule has 0 aliphatic rings. The number of carbonyl (C=O) groups is 1. The largest absolute Gasteiger partial charge is 0.324 e. The monoisotopic (exact) mass is 282 g/mol. The summed E-state index contributed by atoms with van der Waals surface area (Å²) in [5.74, 6) is -0.193. The molecule has 3 N–H and O–H groups in total. The number of aryl methyl sites for hydroxylation is 2. The lowest BCUT2D eigenvalue weighted by molar-refractivity contribution is -0.117. The van der Waals surface area contributed by atoms with Crippen molar-refractivity contribution in [1.82, 2.24) is 0 Å². The van der Waals surface area contributed by atoms with Crippen molar-refractivity contribution >= 4 is 11.6 Å². The molecule has 0 spiro atoms. The first-order valence-corrected chi connectivity index (χ1v) is 7.32. The van der Waals surface area contributed by atoms with Crippen molar-refractivity contribution in [2.75, 3.05) is 5.32 Å². The molecule has 2 rings (SSSR count). The van der Waals surface area contributed by atoms with Crippen LogP contribution in [0.2, 0.25) is 0 Å². The average Bonchev–Trinajstić information content (AvgIpc) is 2.49. The fourth-order valence-electron chi connectivity index (χ4n) is 2.19. The van der Waals surface area contributed by atoms with Crippen LogP contribution in [0.4, 0.5) is 5.69 Å². The van der Waals surface area contributed by atoms with Crippen LogP contribution < -0.4 is 11.1 Å². The molecule has 2 aromatic rings. The van der Waals surface area contributed by atoms with Gasteiger partial charge in [0.25, 0.3) is 0 Å². The van der Waals surface area contributed by atoms with Gasteiger partial charge in [-0.2, -0.15) is 0 Å². The molecule has 0 aliphatic carbocycles. The Morgan fingerprint density at radius 3 is 2.29 bits per heavy atom. The van der Waals surface area contributed by atoms with E-state index in [2.05, 4.69) is 12.2 Å². The van der Waals surface area contributed by atoms with Gasteiger partial charge in [0.05, 0.1) is 0 Å². The molecule has 0 bridgehead atoms. The number of anilines is 1. The molecule has 3 nitrogen and oxygen atoms in total. The summed E-state index contributed by atoms with van der Waals surface area (Å²) in [6.07, 6.45) is 2.17. The molecule has 0 fully saturated rings. The molecule has 3 heteroatoms. The number of nitrogens with two attached hydrogens (primary N) is 1. The highest BCUT2D eigenvalue weighted by molar-refractivity contribution is 5.95. The molecule has 0 radical (unpaired) electrons. The number of benzene rings is 2. The van der Waals surface area contributed by atoms with Gasteiger partial charge in [0, 0.05) is 5.69 Å². The summed E-state index contributed by atoms with van der Waals surface area (Å²) in [5.41, 5.74) is 10.0. The van der Waals surface area contributed by atoms with E-state index in [0.717, 1.165) is 29.7 Å². The minimum Gasteiger partial charge on any atom is -0.324 e. The number of nitrogens with one attached hydrogen (secondary N) is 1. The Labute approximate surface area is 126 Å². The highest BCUT2D eigenvalue weighted by Crippen LogP contribution is 2.16. The highest BCUT2D eigenvalue weighted by atomic mass is 16.2. The second-order valence-electron chi connectivity index (χ2n) is 5.32. The van der Waals surface area contributed by atoms with Gasteiger partial charge in [0.15, 0.2) is 0 Å². The number of carbonyl (C=O) groups excluding carboxylic acids is 1. The van der Waals surface area contributed by atoms with Gasteiger partial charge in [-0.15, -0.1) is 0 Å². The fourth-order valence-corrected chi connectivity index (χ4v) is 2.19. The van der Waals surface area contributed by atoms with E-state index in [1.165, 1.54) is 5.56 Å². The van der Waals surface area contributed by atoms with Crippen molar-refractivity contribution in [1.29, 1.82) is 0 Å². The molecular formula is C18H22N2O. The Balaban J connectivity index is 2.01. The smallest absolute Gasteiger partial charge is 0.245 e. The Morgan fingerprint density at radius 1 is 1.10 bits per heavy atom. The van der Waals surface area contributed by atoms with Gasteiger partial charge < -0.3 is 11.1 Å². The predicted octanol–water partition coefficient (Wildman–Crippen LogP) is 3.59. The van der Waals surface area contributed by atoms with Crippen molar-refractivity contribution in [2.24, 2.45) is 5.73 Å². The number of amides is 1. The van der Waals surface area contributed by atoms with Crippen LogP contribution in [-0.2, 0) is 11.2 Å². The molecule has 110 valence electrons. The Hall–Kier alpha value is -2.13. The minimum absolute atomic E-state index is 0.193. The van der Waals surface area contributed by atoms with Crippen LogP contribution in [0.15, 0.2) is 48.5 Å². The van der Waals surface area contributed by atoms with Crippen LogP contribution >= 0.6 is 0 Å². The van der Waals surface area contributed by atoms with Crippen LogP contribution in [0.5, 0.6) is 0 Å². The standard InChI is InChI=1S/C18H22N2O/c1-3-4-14-7-11-16(12-8-14)20-18(21)17(19)15-9-5-13(2)6-10-15/h5-12,17H,3-4,19H2,1-2H3,(H,20,21). The van der Waals surface area contributed by atoms with Gasteiger partial charge in [-0.25, -0.2) is 0 Å². The lowest BCUT2D eigenvalue weighted by atomic mass is 10.1. The second-order valence-corrected chi connectivity index (χ2v) is 5.32.